The van der Waals surface area contributed by atoms with Crippen LogP contribution in [-0.4, -0.2) is 79.1 Å². The van der Waals surface area contributed by atoms with E-state index in [-0.39, 0.29) is 12.5 Å². The second-order valence-corrected chi connectivity index (χ2v) is 7.11. The molecular formula is C20H33N5O2. The number of hydrogen-bond acceptors (Lipinski definition) is 4. The molecule has 0 aliphatic carbocycles. The number of carbonyl (C=O) groups excluding carboxylic acids is 1. The van der Waals surface area contributed by atoms with Gasteiger partial charge in [0, 0.05) is 52.7 Å². The molecule has 1 unspecified atom stereocenters. The number of rotatable bonds is 7. The smallest absolute Gasteiger partial charge is 0.219 e. The lowest BCUT2D eigenvalue weighted by atomic mass is 9.96. The number of nitrogens with zero attached hydrogens (tertiary/aromatic N) is 3. The SMILES string of the molecule is CCNC(=NCC(C)(O)c1ccccc1)NCCN1CCN(C(C)=O)CC1. The van der Waals surface area contributed by atoms with E-state index >= 15 is 0 Å². The summed E-state index contributed by atoms with van der Waals surface area (Å²) < 4.78 is 0. The molecule has 1 saturated heterocycles. The first-order chi connectivity index (χ1) is 12.9. The van der Waals surface area contributed by atoms with Gasteiger partial charge in [0.1, 0.15) is 5.60 Å². The minimum absolute atomic E-state index is 0.153. The fraction of sp³-hybridized carbons (Fsp3) is 0.600. The van der Waals surface area contributed by atoms with Gasteiger partial charge in [-0.2, -0.15) is 0 Å². The lowest BCUT2D eigenvalue weighted by Crippen LogP contribution is -2.50. The van der Waals surface area contributed by atoms with Crippen molar-refractivity contribution >= 4 is 11.9 Å². The number of guanidine groups is 1. The normalized spacial score (nSPS) is 18.1. The monoisotopic (exact) mass is 375 g/mol. The quantitative estimate of drug-likeness (QED) is 0.481. The zero-order valence-electron chi connectivity index (χ0n) is 16.7. The number of hydrogen-bond donors (Lipinski definition) is 3. The summed E-state index contributed by atoms with van der Waals surface area (Å²) in [7, 11) is 0. The molecule has 1 aliphatic rings. The zero-order valence-corrected chi connectivity index (χ0v) is 16.7. The van der Waals surface area contributed by atoms with Gasteiger partial charge in [0.15, 0.2) is 5.96 Å². The molecule has 0 spiro atoms. The summed E-state index contributed by atoms with van der Waals surface area (Å²) in [5.74, 6) is 0.857. The number of benzene rings is 1. The highest BCUT2D eigenvalue weighted by Crippen LogP contribution is 2.20. The molecule has 150 valence electrons. The van der Waals surface area contributed by atoms with Crippen LogP contribution in [0.2, 0.25) is 0 Å². The van der Waals surface area contributed by atoms with Crippen molar-refractivity contribution < 1.29 is 9.90 Å². The van der Waals surface area contributed by atoms with Crippen LogP contribution >= 0.6 is 0 Å². The lowest BCUT2D eigenvalue weighted by molar-refractivity contribution is -0.130. The molecule has 3 N–H and O–H groups in total. The molecule has 1 aliphatic heterocycles. The third-order valence-electron chi connectivity index (χ3n) is 4.82. The minimum atomic E-state index is -1.01. The van der Waals surface area contributed by atoms with Gasteiger partial charge in [0.05, 0.1) is 6.54 Å². The molecule has 1 fully saturated rings. The van der Waals surface area contributed by atoms with Crippen molar-refractivity contribution in [3.05, 3.63) is 35.9 Å². The van der Waals surface area contributed by atoms with E-state index in [1.807, 2.05) is 42.2 Å². The molecule has 0 bridgehead atoms. The summed E-state index contributed by atoms with van der Waals surface area (Å²) in [6.45, 7) is 11.5. The third kappa shape index (κ3) is 6.84. The number of carbonyl (C=O) groups is 1. The Labute approximate surface area is 162 Å². The van der Waals surface area contributed by atoms with Gasteiger partial charge in [0.2, 0.25) is 5.91 Å². The van der Waals surface area contributed by atoms with Crippen molar-refractivity contribution in [1.82, 2.24) is 20.4 Å². The first-order valence-electron chi connectivity index (χ1n) is 9.70. The summed E-state index contributed by atoms with van der Waals surface area (Å²) in [6.07, 6.45) is 0. The maximum atomic E-state index is 11.4. The molecule has 0 aromatic heterocycles. The van der Waals surface area contributed by atoms with E-state index in [1.54, 1.807) is 13.8 Å². The second kappa shape index (κ2) is 10.3. The van der Waals surface area contributed by atoms with Gasteiger partial charge in [-0.05, 0) is 19.4 Å². The average molecular weight is 376 g/mol. The van der Waals surface area contributed by atoms with Crippen molar-refractivity contribution in [1.29, 1.82) is 0 Å². The van der Waals surface area contributed by atoms with E-state index in [2.05, 4.69) is 20.5 Å². The average Bonchev–Trinajstić information content (AvgIpc) is 2.67. The van der Waals surface area contributed by atoms with Gasteiger partial charge < -0.3 is 20.6 Å². The van der Waals surface area contributed by atoms with Gasteiger partial charge in [-0.1, -0.05) is 30.3 Å². The van der Waals surface area contributed by atoms with E-state index in [0.717, 1.165) is 51.4 Å². The van der Waals surface area contributed by atoms with Gasteiger partial charge in [-0.25, -0.2) is 4.99 Å². The molecule has 27 heavy (non-hydrogen) atoms. The molecule has 0 saturated carbocycles. The Morgan fingerprint density at radius 3 is 2.44 bits per heavy atom. The van der Waals surface area contributed by atoms with Crippen molar-refractivity contribution in [3.8, 4) is 0 Å². The number of nitrogens with one attached hydrogen (secondary N) is 2. The van der Waals surface area contributed by atoms with Crippen LogP contribution in [0.3, 0.4) is 0 Å². The van der Waals surface area contributed by atoms with Crippen LogP contribution in [0.15, 0.2) is 35.3 Å². The Morgan fingerprint density at radius 1 is 1.19 bits per heavy atom. The standard InChI is InChI=1S/C20H33N5O2/c1-4-21-19(23-16-20(3,27)18-8-6-5-7-9-18)22-10-11-24-12-14-25(15-13-24)17(2)26/h5-9,27H,4,10-16H2,1-3H3,(H2,21,22,23). The van der Waals surface area contributed by atoms with E-state index in [9.17, 15) is 9.90 Å². The summed E-state index contributed by atoms with van der Waals surface area (Å²) in [5.41, 5.74) is -0.153. The highest BCUT2D eigenvalue weighted by Gasteiger charge is 2.22. The van der Waals surface area contributed by atoms with Gasteiger partial charge >= 0.3 is 0 Å². The highest BCUT2D eigenvalue weighted by atomic mass is 16.3. The Balaban J connectivity index is 1.81. The summed E-state index contributed by atoms with van der Waals surface area (Å²) >= 11 is 0. The maximum Gasteiger partial charge on any atom is 0.219 e. The van der Waals surface area contributed by atoms with E-state index < -0.39 is 5.60 Å². The summed E-state index contributed by atoms with van der Waals surface area (Å²) in [6, 6.07) is 9.60. The second-order valence-electron chi connectivity index (χ2n) is 7.11. The van der Waals surface area contributed by atoms with Crippen molar-refractivity contribution in [2.24, 2.45) is 4.99 Å². The first-order valence-corrected chi connectivity index (χ1v) is 9.70. The summed E-state index contributed by atoms with van der Waals surface area (Å²) in [5, 5.41) is 17.3. The zero-order chi connectivity index (χ0) is 19.7. The molecule has 0 radical (unpaired) electrons. The number of aliphatic imine (C=N–C) groups is 1. The number of aliphatic hydroxyl groups is 1. The number of amides is 1. The van der Waals surface area contributed by atoms with Gasteiger partial charge in [0.25, 0.3) is 0 Å². The van der Waals surface area contributed by atoms with Crippen molar-refractivity contribution in [2.75, 3.05) is 52.4 Å². The van der Waals surface area contributed by atoms with Crippen molar-refractivity contribution in [3.63, 3.8) is 0 Å². The van der Waals surface area contributed by atoms with E-state index in [0.29, 0.717) is 5.96 Å². The molecule has 1 aromatic carbocycles. The minimum Gasteiger partial charge on any atom is -0.384 e. The largest absolute Gasteiger partial charge is 0.384 e. The van der Waals surface area contributed by atoms with Crippen LogP contribution in [0.4, 0.5) is 0 Å². The molecular weight excluding hydrogens is 342 g/mol. The Morgan fingerprint density at radius 2 is 1.85 bits per heavy atom. The van der Waals surface area contributed by atoms with Crippen LogP contribution in [0, 0.1) is 0 Å². The van der Waals surface area contributed by atoms with E-state index in [1.165, 1.54) is 0 Å². The predicted octanol–water partition coefficient (Wildman–Crippen LogP) is 0.613. The van der Waals surface area contributed by atoms with E-state index in [4.69, 9.17) is 0 Å². The molecule has 1 heterocycles. The molecule has 7 nitrogen and oxygen atoms in total. The first kappa shape index (κ1) is 21.2. The third-order valence-corrected chi connectivity index (χ3v) is 4.82. The summed E-state index contributed by atoms with van der Waals surface area (Å²) in [4.78, 5) is 20.2. The Kier molecular flexibility index (Phi) is 8.06. The lowest BCUT2D eigenvalue weighted by Gasteiger charge is -2.34. The fourth-order valence-electron chi connectivity index (χ4n) is 3.08. The predicted molar refractivity (Wildman–Crippen MR) is 109 cm³/mol. The number of piperazine rings is 1. The maximum absolute atomic E-state index is 11.4. The van der Waals surface area contributed by atoms with Crippen LogP contribution in [0.5, 0.6) is 0 Å². The van der Waals surface area contributed by atoms with Crippen molar-refractivity contribution in [2.45, 2.75) is 26.4 Å². The molecule has 1 amide bonds. The van der Waals surface area contributed by atoms with Crippen LogP contribution in [-0.2, 0) is 10.4 Å². The van der Waals surface area contributed by atoms with Gasteiger partial charge in [-0.15, -0.1) is 0 Å². The Bertz CT molecular complexity index is 610. The van der Waals surface area contributed by atoms with Gasteiger partial charge in [-0.3, -0.25) is 9.69 Å². The molecule has 2 rings (SSSR count). The molecule has 1 aromatic rings. The topological polar surface area (TPSA) is 80.2 Å². The fourth-order valence-corrected chi connectivity index (χ4v) is 3.08. The van der Waals surface area contributed by atoms with Crippen LogP contribution in [0.25, 0.3) is 0 Å². The molecule has 7 heteroatoms. The molecule has 1 atom stereocenters. The highest BCUT2D eigenvalue weighted by molar-refractivity contribution is 5.79. The Hall–Kier alpha value is -2.12. The van der Waals surface area contributed by atoms with Crippen LogP contribution < -0.4 is 10.6 Å². The van der Waals surface area contributed by atoms with Crippen LogP contribution in [0.1, 0.15) is 26.3 Å².